The fraction of sp³-hybridized carbons (Fsp3) is 0.860. The molecule has 0 amide bonds. The summed E-state index contributed by atoms with van der Waals surface area (Å²) in [6.07, 6.45) is 31.1. The van der Waals surface area contributed by atoms with Crippen molar-refractivity contribution in [2.75, 3.05) is 120 Å². The normalized spacial score (nSPS) is 12.1. The highest BCUT2D eigenvalue weighted by Crippen LogP contribution is 2.14. The van der Waals surface area contributed by atoms with Gasteiger partial charge in [-0.25, -0.2) is 4.79 Å². The van der Waals surface area contributed by atoms with E-state index in [1.807, 2.05) is 12.2 Å². The van der Waals surface area contributed by atoms with Gasteiger partial charge in [0, 0.05) is 51.4 Å². The molecule has 0 aromatic carbocycles. The fourth-order valence-corrected chi connectivity index (χ4v) is 7.49. The van der Waals surface area contributed by atoms with E-state index in [0.29, 0.717) is 12.2 Å². The quantitative estimate of drug-likeness (QED) is 0.0323. The fourth-order valence-electron chi connectivity index (χ4n) is 7.49. The van der Waals surface area contributed by atoms with E-state index in [2.05, 4.69) is 90.4 Å². The highest BCUT2D eigenvalue weighted by atomic mass is 79.9. The number of likely N-dealkylation sites (N-methyl/N-ethyl adjacent to an activating group) is 4. The summed E-state index contributed by atoms with van der Waals surface area (Å²) in [5.74, 6) is -0.274. The Morgan fingerprint density at radius 3 is 1.40 bits per heavy atom. The van der Waals surface area contributed by atoms with E-state index in [9.17, 15) is 9.90 Å². The number of carbonyl (C=O) groups is 1. The van der Waals surface area contributed by atoms with Crippen LogP contribution in [0.15, 0.2) is 37.5 Å². The SMILES string of the molecule is C=C(C)C(=O)OCC[N+](C)(C)CCCCCCCCCCCC.C=CCN(CC=C)CCN(CC)CCN(C)CC(O)C[N+](C)(C)CCCCCCCCCCCC.[Br-].[Br-]. The van der Waals surface area contributed by atoms with Gasteiger partial charge in [0.25, 0.3) is 0 Å². The molecule has 0 spiro atoms. The zero-order chi connectivity index (χ0) is 43.9. The molecule has 1 N–H and O–H groups in total. The molecule has 0 saturated heterocycles. The number of halogens is 2. The number of quaternary nitrogens is 2. The van der Waals surface area contributed by atoms with Crippen molar-refractivity contribution >= 4 is 5.97 Å². The van der Waals surface area contributed by atoms with Crippen molar-refractivity contribution in [1.29, 1.82) is 0 Å². The van der Waals surface area contributed by atoms with Gasteiger partial charge in [0.1, 0.15) is 25.8 Å². The van der Waals surface area contributed by atoms with E-state index in [1.54, 1.807) is 6.92 Å². The van der Waals surface area contributed by atoms with Gasteiger partial charge in [-0.15, -0.1) is 13.2 Å². The predicted octanol–water partition coefficient (Wildman–Crippen LogP) is 4.38. The molecule has 8 nitrogen and oxygen atoms in total. The third kappa shape index (κ3) is 45.4. The number of aliphatic hydroxyl groups excluding tert-OH is 1. The third-order valence-corrected chi connectivity index (χ3v) is 11.5. The second kappa shape index (κ2) is 45.0. The number of unbranched alkanes of at least 4 members (excludes halogenated alkanes) is 18. The smallest absolute Gasteiger partial charge is 0.333 e. The maximum atomic E-state index is 11.3. The van der Waals surface area contributed by atoms with Gasteiger partial charge in [0.15, 0.2) is 0 Å². The van der Waals surface area contributed by atoms with Gasteiger partial charge >= 0.3 is 5.97 Å². The minimum Gasteiger partial charge on any atom is -1.00 e. The minimum atomic E-state index is -0.274. The maximum absolute atomic E-state index is 11.3. The summed E-state index contributed by atoms with van der Waals surface area (Å²) >= 11 is 0. The highest BCUT2D eigenvalue weighted by Gasteiger charge is 2.21. The van der Waals surface area contributed by atoms with Crippen molar-refractivity contribution in [1.82, 2.24) is 14.7 Å². The summed E-state index contributed by atoms with van der Waals surface area (Å²) in [4.78, 5) is 18.5. The number of esters is 1. The standard InChI is InChI=1S/C30H63N4O.C20H40NO2.2BrH/c1-8-12-13-14-15-16-17-18-19-20-27-34(6,7)29-30(35)28-31(5)23-24-32(11-4)25-26-33(21-9-2)22-10-3;1-6-7-8-9-10-11-12-13-14-15-16-21(4,5)17-18-23-20(22)19(2)3;;/h9-10,30,35H,2-3,8,11-29H2,1,4-7H3;2,6-18H2,1,3-5H3;2*1H/q2*+1;;/p-2. The molecule has 0 saturated carbocycles. The monoisotopic (exact) mass is 980 g/mol. The summed E-state index contributed by atoms with van der Waals surface area (Å²) in [5, 5.41) is 10.7. The van der Waals surface area contributed by atoms with Crippen molar-refractivity contribution in [2.24, 2.45) is 0 Å². The molecule has 0 radical (unpaired) electrons. The van der Waals surface area contributed by atoms with Crippen LogP contribution in [0.5, 0.6) is 0 Å². The zero-order valence-electron chi connectivity index (χ0n) is 41.4. The lowest BCUT2D eigenvalue weighted by atomic mass is 10.1. The van der Waals surface area contributed by atoms with Crippen LogP contribution in [0.3, 0.4) is 0 Å². The lowest BCUT2D eigenvalue weighted by Crippen LogP contribution is -3.00. The Balaban J connectivity index is -0.000000547. The van der Waals surface area contributed by atoms with Crippen molar-refractivity contribution in [3.8, 4) is 0 Å². The highest BCUT2D eigenvalue weighted by molar-refractivity contribution is 5.86. The molecule has 1 atom stereocenters. The van der Waals surface area contributed by atoms with Gasteiger partial charge in [-0.1, -0.05) is 142 Å². The second-order valence-corrected chi connectivity index (χ2v) is 18.7. The van der Waals surface area contributed by atoms with Gasteiger partial charge in [-0.2, -0.15) is 0 Å². The molecule has 0 aliphatic heterocycles. The molecule has 360 valence electrons. The van der Waals surface area contributed by atoms with Gasteiger partial charge in [-0.3, -0.25) is 4.90 Å². The molecule has 0 rings (SSSR count). The average Bonchev–Trinajstić information content (AvgIpc) is 3.16. The van der Waals surface area contributed by atoms with E-state index in [1.165, 1.54) is 128 Å². The summed E-state index contributed by atoms with van der Waals surface area (Å²) < 4.78 is 7.01. The van der Waals surface area contributed by atoms with Crippen LogP contribution in [-0.2, 0) is 9.53 Å². The molecule has 0 aliphatic carbocycles. The Morgan fingerprint density at radius 1 is 0.617 bits per heavy atom. The van der Waals surface area contributed by atoms with Crippen molar-refractivity contribution < 1.29 is 57.6 Å². The van der Waals surface area contributed by atoms with E-state index < -0.39 is 0 Å². The topological polar surface area (TPSA) is 56.2 Å². The first-order valence-corrected chi connectivity index (χ1v) is 24.2. The van der Waals surface area contributed by atoms with E-state index in [0.717, 1.165) is 87.5 Å². The number of hydrogen-bond donors (Lipinski definition) is 1. The number of nitrogens with zero attached hydrogens (tertiary/aromatic N) is 5. The van der Waals surface area contributed by atoms with Crippen LogP contribution in [0.1, 0.15) is 156 Å². The molecule has 0 fully saturated rings. The zero-order valence-corrected chi connectivity index (χ0v) is 44.6. The van der Waals surface area contributed by atoms with Gasteiger partial charge in [0.2, 0.25) is 0 Å². The maximum Gasteiger partial charge on any atom is 0.333 e. The summed E-state index contributed by atoms with van der Waals surface area (Å²) in [6.45, 7) is 32.0. The van der Waals surface area contributed by atoms with Crippen LogP contribution >= 0.6 is 0 Å². The van der Waals surface area contributed by atoms with Crippen molar-refractivity contribution in [3.05, 3.63) is 37.5 Å². The Morgan fingerprint density at radius 2 is 1.00 bits per heavy atom. The van der Waals surface area contributed by atoms with Gasteiger partial charge in [-0.05, 0) is 46.2 Å². The number of ether oxygens (including phenoxy) is 1. The molecular formula is C50H103Br2N5O3. The largest absolute Gasteiger partial charge is 1.00 e. The van der Waals surface area contributed by atoms with E-state index in [-0.39, 0.29) is 46.0 Å². The van der Waals surface area contributed by atoms with Crippen LogP contribution in [0.4, 0.5) is 0 Å². The number of carbonyl (C=O) groups excluding carboxylic acids is 1. The molecule has 0 bridgehead atoms. The van der Waals surface area contributed by atoms with Crippen LogP contribution in [0, 0.1) is 0 Å². The van der Waals surface area contributed by atoms with Crippen LogP contribution in [-0.4, -0.2) is 161 Å². The molecule has 60 heavy (non-hydrogen) atoms. The molecule has 1 unspecified atom stereocenters. The molecule has 0 aromatic heterocycles. The molecule has 0 aliphatic rings. The second-order valence-electron chi connectivity index (χ2n) is 18.7. The van der Waals surface area contributed by atoms with E-state index >= 15 is 0 Å². The van der Waals surface area contributed by atoms with Gasteiger partial charge < -0.3 is 62.6 Å². The van der Waals surface area contributed by atoms with E-state index in [4.69, 9.17) is 4.74 Å². The Hall–Kier alpha value is -0.590. The lowest BCUT2D eigenvalue weighted by molar-refractivity contribution is -0.893. The first-order chi connectivity index (χ1) is 27.7. The summed E-state index contributed by atoms with van der Waals surface area (Å²) in [7, 11) is 11.1. The molecule has 10 heteroatoms. The first kappa shape index (κ1) is 66.0. The average molecular weight is 982 g/mol. The summed E-state index contributed by atoms with van der Waals surface area (Å²) in [5.41, 5.74) is 0.477. The van der Waals surface area contributed by atoms with Crippen molar-refractivity contribution in [3.63, 3.8) is 0 Å². The van der Waals surface area contributed by atoms with Crippen LogP contribution in [0.25, 0.3) is 0 Å². The number of aliphatic hydroxyl groups is 1. The summed E-state index contributed by atoms with van der Waals surface area (Å²) in [6, 6.07) is 0. The predicted molar refractivity (Wildman–Crippen MR) is 256 cm³/mol. The number of hydrogen-bond acceptors (Lipinski definition) is 6. The van der Waals surface area contributed by atoms with Crippen molar-refractivity contribution in [2.45, 2.75) is 162 Å². The third-order valence-electron chi connectivity index (χ3n) is 11.5. The molecule has 0 aromatic rings. The van der Waals surface area contributed by atoms with Crippen LogP contribution < -0.4 is 34.0 Å². The Kier molecular flexibility index (Phi) is 49.5. The van der Waals surface area contributed by atoms with Gasteiger partial charge in [0.05, 0.1) is 41.3 Å². The molecular weight excluding hydrogens is 878 g/mol. The Bertz CT molecular complexity index is 974. The number of rotatable bonds is 41. The molecule has 0 heterocycles. The first-order valence-electron chi connectivity index (χ1n) is 24.2. The Labute approximate surface area is 396 Å². The van der Waals surface area contributed by atoms with Crippen LogP contribution in [0.2, 0.25) is 0 Å². The minimum absolute atomic E-state index is 0. The lowest BCUT2D eigenvalue weighted by Gasteiger charge is -2.33.